The van der Waals surface area contributed by atoms with Crippen molar-refractivity contribution in [2.24, 2.45) is 5.92 Å². The van der Waals surface area contributed by atoms with Gasteiger partial charge in [-0.05, 0) is 25.0 Å². The van der Waals surface area contributed by atoms with Gasteiger partial charge in [0.25, 0.3) is 0 Å². The van der Waals surface area contributed by atoms with Gasteiger partial charge in [0, 0.05) is 55.1 Å². The first-order valence-electron chi connectivity index (χ1n) is 10.1. The standard InChI is InChI=1S/C21H29N3O3S/c1-15(2)21(27)23-11-9-16(10-12-23)22-19(25)7-8-20(26)24-13-14-28-18-6-4-3-5-17(18)24/h3-6,15-16H,7-14H2,1-2H3,(H,22,25). The highest BCUT2D eigenvalue weighted by molar-refractivity contribution is 7.99. The molecule has 1 N–H and O–H groups in total. The van der Waals surface area contributed by atoms with Gasteiger partial charge in [0.1, 0.15) is 0 Å². The number of thioether (sulfide) groups is 1. The summed E-state index contributed by atoms with van der Waals surface area (Å²) in [6.07, 6.45) is 1.97. The smallest absolute Gasteiger partial charge is 0.227 e. The molecule has 0 aromatic heterocycles. The lowest BCUT2D eigenvalue weighted by molar-refractivity contribution is -0.135. The lowest BCUT2D eigenvalue weighted by Gasteiger charge is -2.33. The van der Waals surface area contributed by atoms with E-state index in [0.717, 1.165) is 29.2 Å². The zero-order valence-electron chi connectivity index (χ0n) is 16.6. The van der Waals surface area contributed by atoms with Crippen molar-refractivity contribution in [3.05, 3.63) is 24.3 Å². The summed E-state index contributed by atoms with van der Waals surface area (Å²) in [4.78, 5) is 41.8. The van der Waals surface area contributed by atoms with Gasteiger partial charge in [-0.2, -0.15) is 0 Å². The number of para-hydroxylation sites is 1. The second-order valence-corrected chi connectivity index (χ2v) is 8.82. The van der Waals surface area contributed by atoms with Crippen molar-refractivity contribution in [2.75, 3.05) is 30.3 Å². The Morgan fingerprint density at radius 1 is 1.11 bits per heavy atom. The molecule has 0 bridgehead atoms. The first-order valence-corrected chi connectivity index (χ1v) is 11.0. The third-order valence-electron chi connectivity index (χ3n) is 5.26. The summed E-state index contributed by atoms with van der Waals surface area (Å²) in [5.74, 6) is 0.982. The highest BCUT2D eigenvalue weighted by atomic mass is 32.2. The van der Waals surface area contributed by atoms with Crippen molar-refractivity contribution in [3.63, 3.8) is 0 Å². The maximum Gasteiger partial charge on any atom is 0.227 e. The predicted octanol–water partition coefficient (Wildman–Crippen LogP) is 2.67. The number of carbonyl (C=O) groups excluding carboxylic acids is 3. The van der Waals surface area contributed by atoms with Crippen LogP contribution in [0.3, 0.4) is 0 Å². The fraction of sp³-hybridized carbons (Fsp3) is 0.571. The van der Waals surface area contributed by atoms with E-state index in [1.165, 1.54) is 0 Å². The van der Waals surface area contributed by atoms with Gasteiger partial charge in [-0.3, -0.25) is 14.4 Å². The van der Waals surface area contributed by atoms with Gasteiger partial charge < -0.3 is 15.1 Å². The van der Waals surface area contributed by atoms with Crippen LogP contribution in [0, 0.1) is 5.92 Å². The number of likely N-dealkylation sites (tertiary alicyclic amines) is 1. The first kappa shape index (κ1) is 20.7. The van der Waals surface area contributed by atoms with Crippen molar-refractivity contribution in [3.8, 4) is 0 Å². The van der Waals surface area contributed by atoms with Gasteiger partial charge in [0.2, 0.25) is 17.7 Å². The minimum absolute atomic E-state index is 0.000231. The van der Waals surface area contributed by atoms with Crippen LogP contribution in [0.2, 0.25) is 0 Å². The number of anilines is 1. The SMILES string of the molecule is CC(C)C(=O)N1CCC(NC(=O)CCC(=O)N2CCSc3ccccc32)CC1. The molecule has 1 aromatic carbocycles. The van der Waals surface area contributed by atoms with Gasteiger partial charge in [0.05, 0.1) is 5.69 Å². The molecule has 1 saturated heterocycles. The zero-order chi connectivity index (χ0) is 20.1. The minimum Gasteiger partial charge on any atom is -0.353 e. The van der Waals surface area contributed by atoms with Crippen LogP contribution >= 0.6 is 11.8 Å². The van der Waals surface area contributed by atoms with Gasteiger partial charge in [-0.15, -0.1) is 11.8 Å². The van der Waals surface area contributed by atoms with Gasteiger partial charge in [-0.25, -0.2) is 0 Å². The molecule has 0 saturated carbocycles. The maximum atomic E-state index is 12.6. The maximum absolute atomic E-state index is 12.6. The number of hydrogen-bond donors (Lipinski definition) is 1. The molecule has 6 nitrogen and oxygen atoms in total. The van der Waals surface area contributed by atoms with Crippen molar-refractivity contribution >= 4 is 35.2 Å². The first-order chi connectivity index (χ1) is 13.5. The van der Waals surface area contributed by atoms with E-state index in [1.54, 1.807) is 16.7 Å². The van der Waals surface area contributed by atoms with Crippen molar-refractivity contribution in [1.29, 1.82) is 0 Å². The van der Waals surface area contributed by atoms with Crippen molar-refractivity contribution in [1.82, 2.24) is 10.2 Å². The summed E-state index contributed by atoms with van der Waals surface area (Å²) in [5, 5.41) is 3.03. The molecule has 2 aliphatic rings. The molecule has 28 heavy (non-hydrogen) atoms. The summed E-state index contributed by atoms with van der Waals surface area (Å²) in [7, 11) is 0. The molecule has 3 rings (SSSR count). The molecular formula is C21H29N3O3S. The molecule has 0 radical (unpaired) electrons. The Bertz CT molecular complexity index is 729. The van der Waals surface area contributed by atoms with Gasteiger partial charge in [-0.1, -0.05) is 26.0 Å². The lowest BCUT2D eigenvalue weighted by Crippen LogP contribution is -2.47. The quantitative estimate of drug-likeness (QED) is 0.821. The van der Waals surface area contributed by atoms with Crippen molar-refractivity contribution in [2.45, 2.75) is 50.5 Å². The molecule has 3 amide bonds. The predicted molar refractivity (Wildman–Crippen MR) is 111 cm³/mol. The highest BCUT2D eigenvalue weighted by Crippen LogP contribution is 2.34. The van der Waals surface area contributed by atoms with Crippen LogP contribution in [0.5, 0.6) is 0 Å². The Morgan fingerprint density at radius 2 is 1.82 bits per heavy atom. The third-order valence-corrected chi connectivity index (χ3v) is 6.30. The summed E-state index contributed by atoms with van der Waals surface area (Å²) in [6.45, 7) is 5.87. The Labute approximate surface area is 171 Å². The second kappa shape index (κ2) is 9.45. The minimum atomic E-state index is -0.0818. The number of fused-ring (bicyclic) bond motifs is 1. The molecule has 2 heterocycles. The fourth-order valence-corrected chi connectivity index (χ4v) is 4.69. The van der Waals surface area contributed by atoms with Crippen LogP contribution in [0.25, 0.3) is 0 Å². The number of nitrogens with one attached hydrogen (secondary N) is 1. The summed E-state index contributed by atoms with van der Waals surface area (Å²) in [5.41, 5.74) is 0.950. The van der Waals surface area contributed by atoms with E-state index >= 15 is 0 Å². The molecule has 1 fully saturated rings. The monoisotopic (exact) mass is 403 g/mol. The summed E-state index contributed by atoms with van der Waals surface area (Å²) in [6, 6.07) is 8.00. The summed E-state index contributed by atoms with van der Waals surface area (Å²) >= 11 is 1.76. The number of carbonyl (C=O) groups is 3. The van der Waals surface area contributed by atoms with E-state index in [9.17, 15) is 14.4 Å². The second-order valence-electron chi connectivity index (χ2n) is 7.68. The molecule has 0 spiro atoms. The zero-order valence-corrected chi connectivity index (χ0v) is 17.5. The van der Waals surface area contributed by atoms with Gasteiger partial charge >= 0.3 is 0 Å². The molecule has 7 heteroatoms. The van der Waals surface area contributed by atoms with E-state index in [0.29, 0.717) is 19.6 Å². The van der Waals surface area contributed by atoms with E-state index in [-0.39, 0.29) is 42.5 Å². The molecule has 152 valence electrons. The third kappa shape index (κ3) is 5.07. The van der Waals surface area contributed by atoms with E-state index in [1.807, 2.05) is 43.0 Å². The van der Waals surface area contributed by atoms with Crippen LogP contribution in [-0.4, -0.2) is 54.1 Å². The Balaban J connectivity index is 1.43. The highest BCUT2D eigenvalue weighted by Gasteiger charge is 2.26. The lowest BCUT2D eigenvalue weighted by atomic mass is 10.0. The van der Waals surface area contributed by atoms with Crippen LogP contribution in [0.15, 0.2) is 29.2 Å². The number of benzene rings is 1. The van der Waals surface area contributed by atoms with Crippen LogP contribution in [0.4, 0.5) is 5.69 Å². The van der Waals surface area contributed by atoms with Crippen LogP contribution in [0.1, 0.15) is 39.5 Å². The van der Waals surface area contributed by atoms with Crippen LogP contribution < -0.4 is 10.2 Å². The number of nitrogens with zero attached hydrogens (tertiary/aromatic N) is 2. The average molecular weight is 404 g/mol. The molecule has 2 aliphatic heterocycles. The molecule has 0 unspecified atom stereocenters. The number of rotatable bonds is 5. The van der Waals surface area contributed by atoms with Crippen LogP contribution in [-0.2, 0) is 14.4 Å². The topological polar surface area (TPSA) is 69.7 Å². The van der Waals surface area contributed by atoms with E-state index < -0.39 is 0 Å². The van der Waals surface area contributed by atoms with Gasteiger partial charge in [0.15, 0.2) is 0 Å². The average Bonchev–Trinajstić information content (AvgIpc) is 2.71. The number of amides is 3. The normalized spacial score (nSPS) is 17.4. The summed E-state index contributed by atoms with van der Waals surface area (Å²) < 4.78 is 0. The molecule has 0 atom stereocenters. The van der Waals surface area contributed by atoms with E-state index in [4.69, 9.17) is 0 Å². The Hall–Kier alpha value is -2.02. The molecular weight excluding hydrogens is 374 g/mol. The van der Waals surface area contributed by atoms with Crippen molar-refractivity contribution < 1.29 is 14.4 Å². The number of piperidine rings is 1. The molecule has 1 aromatic rings. The van der Waals surface area contributed by atoms with E-state index in [2.05, 4.69) is 5.32 Å². The Kier molecular flexibility index (Phi) is 6.99. The Morgan fingerprint density at radius 3 is 2.54 bits per heavy atom. The fourth-order valence-electron chi connectivity index (χ4n) is 3.69. The number of hydrogen-bond acceptors (Lipinski definition) is 4. The largest absolute Gasteiger partial charge is 0.353 e. The molecule has 0 aliphatic carbocycles.